The average Bonchev–Trinajstić information content (AvgIpc) is 2.29. The molecule has 2 atom stereocenters. The standard InChI is InChI=1S/C15H21ClO2/c1-10(2)13-15(3,4)9-17-14(18-13)11-7-5-6-8-12(11)16/h5-8,10,13-14H,9H2,1-4H3/t13-,14+/m0/s1. The summed E-state index contributed by atoms with van der Waals surface area (Å²) >= 11 is 6.20. The molecule has 2 nitrogen and oxygen atoms in total. The lowest BCUT2D eigenvalue weighted by atomic mass is 9.80. The highest BCUT2D eigenvalue weighted by Gasteiger charge is 2.40. The van der Waals surface area contributed by atoms with Crippen molar-refractivity contribution >= 4 is 11.6 Å². The number of hydrogen-bond acceptors (Lipinski definition) is 2. The van der Waals surface area contributed by atoms with Gasteiger partial charge in [-0.2, -0.15) is 0 Å². The Bertz CT molecular complexity index is 415. The molecule has 1 fully saturated rings. The SMILES string of the molecule is CC(C)[C@@H]1O[C@H](c2ccccc2Cl)OCC1(C)C. The van der Waals surface area contributed by atoms with Crippen molar-refractivity contribution in [1.29, 1.82) is 0 Å². The van der Waals surface area contributed by atoms with Gasteiger partial charge in [0.05, 0.1) is 12.7 Å². The molecule has 0 spiro atoms. The molecule has 0 bridgehead atoms. The third-order valence-electron chi connectivity index (χ3n) is 3.41. The van der Waals surface area contributed by atoms with Gasteiger partial charge < -0.3 is 9.47 Å². The molecule has 0 aromatic heterocycles. The third kappa shape index (κ3) is 2.71. The van der Waals surface area contributed by atoms with Crippen LogP contribution in [0.2, 0.25) is 5.02 Å². The highest BCUT2D eigenvalue weighted by Crippen LogP contribution is 2.40. The van der Waals surface area contributed by atoms with Crippen LogP contribution in [0.5, 0.6) is 0 Å². The van der Waals surface area contributed by atoms with E-state index in [2.05, 4.69) is 27.7 Å². The minimum Gasteiger partial charge on any atom is -0.348 e. The van der Waals surface area contributed by atoms with Crippen molar-refractivity contribution in [1.82, 2.24) is 0 Å². The second kappa shape index (κ2) is 5.20. The first-order chi connectivity index (χ1) is 8.42. The summed E-state index contributed by atoms with van der Waals surface area (Å²) in [5.74, 6) is 0.453. The summed E-state index contributed by atoms with van der Waals surface area (Å²) in [6.07, 6.45) is -0.174. The Balaban J connectivity index is 2.21. The van der Waals surface area contributed by atoms with E-state index in [4.69, 9.17) is 21.1 Å². The molecule has 1 aromatic carbocycles. The van der Waals surface area contributed by atoms with E-state index >= 15 is 0 Å². The van der Waals surface area contributed by atoms with Crippen LogP contribution in [0.25, 0.3) is 0 Å². The van der Waals surface area contributed by atoms with Gasteiger partial charge in [0, 0.05) is 16.0 Å². The molecule has 0 radical (unpaired) electrons. The summed E-state index contributed by atoms with van der Waals surface area (Å²) in [6, 6.07) is 7.70. The molecular formula is C15H21ClO2. The van der Waals surface area contributed by atoms with Crippen LogP contribution in [0, 0.1) is 11.3 Å². The van der Waals surface area contributed by atoms with Crippen LogP contribution in [-0.2, 0) is 9.47 Å². The Morgan fingerprint density at radius 1 is 1.28 bits per heavy atom. The maximum absolute atomic E-state index is 6.20. The second-order valence-electron chi connectivity index (χ2n) is 5.95. The highest BCUT2D eigenvalue weighted by molar-refractivity contribution is 6.31. The summed E-state index contributed by atoms with van der Waals surface area (Å²) < 4.78 is 12.0. The number of ether oxygens (including phenoxy) is 2. The molecule has 0 amide bonds. The van der Waals surface area contributed by atoms with E-state index in [0.717, 1.165) is 5.56 Å². The first-order valence-corrected chi connectivity index (χ1v) is 6.81. The first-order valence-electron chi connectivity index (χ1n) is 6.43. The maximum atomic E-state index is 6.20. The Hall–Kier alpha value is -0.570. The molecule has 1 heterocycles. The predicted molar refractivity (Wildman–Crippen MR) is 73.6 cm³/mol. The quantitative estimate of drug-likeness (QED) is 0.790. The monoisotopic (exact) mass is 268 g/mol. The number of benzene rings is 1. The molecule has 1 saturated heterocycles. The van der Waals surface area contributed by atoms with E-state index in [1.54, 1.807) is 0 Å². The van der Waals surface area contributed by atoms with Gasteiger partial charge in [0.1, 0.15) is 0 Å². The van der Waals surface area contributed by atoms with Crippen LogP contribution in [0.4, 0.5) is 0 Å². The predicted octanol–water partition coefficient (Wildman–Crippen LogP) is 4.44. The molecule has 3 heteroatoms. The van der Waals surface area contributed by atoms with Crippen molar-refractivity contribution in [3.63, 3.8) is 0 Å². The van der Waals surface area contributed by atoms with E-state index in [0.29, 0.717) is 17.5 Å². The molecule has 1 aromatic rings. The Morgan fingerprint density at radius 2 is 1.94 bits per heavy atom. The molecule has 2 rings (SSSR count). The zero-order valence-electron chi connectivity index (χ0n) is 11.4. The topological polar surface area (TPSA) is 18.5 Å². The lowest BCUT2D eigenvalue weighted by Crippen LogP contribution is -2.45. The lowest BCUT2D eigenvalue weighted by Gasteiger charge is -2.44. The van der Waals surface area contributed by atoms with Gasteiger partial charge in [-0.1, -0.05) is 57.5 Å². The molecule has 18 heavy (non-hydrogen) atoms. The Morgan fingerprint density at radius 3 is 2.56 bits per heavy atom. The molecule has 1 aliphatic heterocycles. The molecule has 0 saturated carbocycles. The zero-order chi connectivity index (χ0) is 13.3. The van der Waals surface area contributed by atoms with Gasteiger partial charge in [-0.05, 0) is 12.0 Å². The lowest BCUT2D eigenvalue weighted by molar-refractivity contribution is -0.274. The highest BCUT2D eigenvalue weighted by atomic mass is 35.5. The smallest absolute Gasteiger partial charge is 0.185 e. The zero-order valence-corrected chi connectivity index (χ0v) is 12.2. The van der Waals surface area contributed by atoms with E-state index in [1.807, 2.05) is 24.3 Å². The minimum absolute atomic E-state index is 0.0337. The van der Waals surface area contributed by atoms with Gasteiger partial charge in [-0.25, -0.2) is 0 Å². The fourth-order valence-electron chi connectivity index (χ4n) is 2.62. The maximum Gasteiger partial charge on any atom is 0.185 e. The van der Waals surface area contributed by atoms with Gasteiger partial charge in [-0.15, -0.1) is 0 Å². The van der Waals surface area contributed by atoms with Crippen LogP contribution in [-0.4, -0.2) is 12.7 Å². The van der Waals surface area contributed by atoms with Gasteiger partial charge in [-0.3, -0.25) is 0 Å². The fraction of sp³-hybridized carbons (Fsp3) is 0.600. The van der Waals surface area contributed by atoms with E-state index in [1.165, 1.54) is 0 Å². The summed E-state index contributed by atoms with van der Waals surface area (Å²) in [7, 11) is 0. The van der Waals surface area contributed by atoms with E-state index < -0.39 is 0 Å². The van der Waals surface area contributed by atoms with Crippen molar-refractivity contribution in [2.75, 3.05) is 6.61 Å². The fourth-order valence-corrected chi connectivity index (χ4v) is 2.84. The third-order valence-corrected chi connectivity index (χ3v) is 3.76. The molecule has 100 valence electrons. The molecule has 0 aliphatic carbocycles. The number of rotatable bonds is 2. The molecule has 0 N–H and O–H groups in total. The van der Waals surface area contributed by atoms with Crippen LogP contribution < -0.4 is 0 Å². The normalized spacial score (nSPS) is 27.4. The van der Waals surface area contributed by atoms with Crippen LogP contribution in [0.3, 0.4) is 0 Å². The van der Waals surface area contributed by atoms with Gasteiger partial charge >= 0.3 is 0 Å². The summed E-state index contributed by atoms with van der Waals surface area (Å²) in [5.41, 5.74) is 0.951. The Labute approximate surface area is 114 Å². The van der Waals surface area contributed by atoms with Crippen LogP contribution in [0.15, 0.2) is 24.3 Å². The van der Waals surface area contributed by atoms with E-state index in [-0.39, 0.29) is 17.8 Å². The first kappa shape index (κ1) is 13.9. The van der Waals surface area contributed by atoms with Gasteiger partial charge in [0.15, 0.2) is 6.29 Å². The van der Waals surface area contributed by atoms with Crippen LogP contribution in [0.1, 0.15) is 39.5 Å². The largest absolute Gasteiger partial charge is 0.348 e. The van der Waals surface area contributed by atoms with E-state index in [9.17, 15) is 0 Å². The number of hydrogen-bond donors (Lipinski definition) is 0. The number of halogens is 1. The minimum atomic E-state index is -0.348. The summed E-state index contributed by atoms with van der Waals surface area (Å²) in [5, 5.41) is 0.699. The summed E-state index contributed by atoms with van der Waals surface area (Å²) in [4.78, 5) is 0. The molecule has 1 aliphatic rings. The van der Waals surface area contributed by atoms with Crippen molar-refractivity contribution in [2.45, 2.75) is 40.1 Å². The molecule has 0 unspecified atom stereocenters. The van der Waals surface area contributed by atoms with Gasteiger partial charge in [0.2, 0.25) is 0 Å². The van der Waals surface area contributed by atoms with Crippen molar-refractivity contribution in [3.05, 3.63) is 34.9 Å². The van der Waals surface area contributed by atoms with Gasteiger partial charge in [0.25, 0.3) is 0 Å². The molecular weight excluding hydrogens is 248 g/mol. The van der Waals surface area contributed by atoms with Crippen molar-refractivity contribution in [2.24, 2.45) is 11.3 Å². The Kier molecular flexibility index (Phi) is 4.00. The second-order valence-corrected chi connectivity index (χ2v) is 6.36. The van der Waals surface area contributed by atoms with Crippen molar-refractivity contribution < 1.29 is 9.47 Å². The summed E-state index contributed by atoms with van der Waals surface area (Å²) in [6.45, 7) is 9.41. The van der Waals surface area contributed by atoms with Crippen LogP contribution >= 0.6 is 11.6 Å². The van der Waals surface area contributed by atoms with Crippen molar-refractivity contribution in [3.8, 4) is 0 Å². The average molecular weight is 269 g/mol.